The number of rotatable bonds is 3. The van der Waals surface area contributed by atoms with Crippen LogP contribution in [0.2, 0.25) is 10.0 Å². The summed E-state index contributed by atoms with van der Waals surface area (Å²) >= 11 is 11.9. The third kappa shape index (κ3) is 3.49. The van der Waals surface area contributed by atoms with E-state index in [1.165, 1.54) is 4.90 Å². The Bertz CT molecular complexity index is 672. The number of benzene rings is 1. The molecule has 1 aliphatic heterocycles. The van der Waals surface area contributed by atoms with Crippen LogP contribution in [0, 0.1) is 0 Å². The summed E-state index contributed by atoms with van der Waals surface area (Å²) in [5.41, 5.74) is 0.00240. The van der Waals surface area contributed by atoms with Crippen molar-refractivity contribution in [2.75, 3.05) is 20.3 Å². The van der Waals surface area contributed by atoms with E-state index in [9.17, 15) is 13.2 Å². The first kappa shape index (κ1) is 16.5. The minimum Gasteiger partial charge on any atom is -0.379 e. The van der Waals surface area contributed by atoms with Gasteiger partial charge in [0.1, 0.15) is 0 Å². The van der Waals surface area contributed by atoms with Crippen molar-refractivity contribution in [1.29, 1.82) is 0 Å². The number of halogens is 2. The SMILES string of the molecule is CN(C(=O)c1cc(S(N)(=O)=O)cc(Cl)c1Cl)C1CCOC1. The van der Waals surface area contributed by atoms with E-state index >= 15 is 0 Å². The number of sulfonamides is 1. The minimum atomic E-state index is -3.98. The van der Waals surface area contributed by atoms with Crippen LogP contribution in [0.4, 0.5) is 0 Å². The molecule has 0 bridgehead atoms. The fourth-order valence-electron chi connectivity index (χ4n) is 2.07. The molecule has 0 aromatic heterocycles. The van der Waals surface area contributed by atoms with Gasteiger partial charge in [-0.2, -0.15) is 0 Å². The molecule has 6 nitrogen and oxygen atoms in total. The third-order valence-electron chi connectivity index (χ3n) is 3.33. The Balaban J connectivity index is 2.42. The largest absolute Gasteiger partial charge is 0.379 e. The topological polar surface area (TPSA) is 89.7 Å². The summed E-state index contributed by atoms with van der Waals surface area (Å²) in [6, 6.07) is 2.18. The Morgan fingerprint density at radius 2 is 2.10 bits per heavy atom. The summed E-state index contributed by atoms with van der Waals surface area (Å²) in [6.07, 6.45) is 0.711. The number of ether oxygens (including phenoxy) is 1. The second-order valence-electron chi connectivity index (χ2n) is 4.75. The molecule has 2 rings (SSSR count). The third-order valence-corrected chi connectivity index (χ3v) is 5.03. The molecule has 1 atom stereocenters. The predicted molar refractivity (Wildman–Crippen MR) is 79.2 cm³/mol. The maximum absolute atomic E-state index is 12.5. The second-order valence-corrected chi connectivity index (χ2v) is 7.09. The zero-order valence-electron chi connectivity index (χ0n) is 11.2. The maximum Gasteiger partial charge on any atom is 0.255 e. The van der Waals surface area contributed by atoms with Crippen LogP contribution in [0.1, 0.15) is 16.8 Å². The average Bonchev–Trinajstić information content (AvgIpc) is 2.92. The molecule has 1 unspecified atom stereocenters. The standard InChI is InChI=1S/C12H14Cl2N2O4S/c1-16(7-2-3-20-6-7)12(17)9-4-8(21(15,18)19)5-10(13)11(9)14/h4-5,7H,2-3,6H2,1H3,(H2,15,18,19). The van der Waals surface area contributed by atoms with Gasteiger partial charge in [-0.1, -0.05) is 23.2 Å². The van der Waals surface area contributed by atoms with Crippen molar-refractivity contribution in [3.05, 3.63) is 27.7 Å². The van der Waals surface area contributed by atoms with E-state index in [0.717, 1.165) is 12.1 Å². The highest BCUT2D eigenvalue weighted by molar-refractivity contribution is 7.89. The number of carbonyl (C=O) groups excluding carboxylic acids is 1. The average molecular weight is 353 g/mol. The van der Waals surface area contributed by atoms with Gasteiger partial charge in [-0.25, -0.2) is 13.6 Å². The number of nitrogens with zero attached hydrogens (tertiary/aromatic N) is 1. The molecule has 1 amide bonds. The van der Waals surface area contributed by atoms with Crippen molar-refractivity contribution in [1.82, 2.24) is 4.90 Å². The first-order valence-corrected chi connectivity index (χ1v) is 8.39. The van der Waals surface area contributed by atoms with Crippen molar-refractivity contribution in [2.24, 2.45) is 5.14 Å². The zero-order chi connectivity index (χ0) is 15.8. The van der Waals surface area contributed by atoms with Gasteiger partial charge >= 0.3 is 0 Å². The Morgan fingerprint density at radius 3 is 2.62 bits per heavy atom. The molecule has 9 heteroatoms. The van der Waals surface area contributed by atoms with Gasteiger partial charge in [0.05, 0.1) is 33.2 Å². The van der Waals surface area contributed by atoms with Crippen LogP contribution < -0.4 is 5.14 Å². The maximum atomic E-state index is 12.5. The normalized spacial score (nSPS) is 18.8. The number of likely N-dealkylation sites (N-methyl/N-ethyl adjacent to an activating group) is 1. The molecule has 1 aromatic rings. The van der Waals surface area contributed by atoms with Crippen LogP contribution in [-0.2, 0) is 14.8 Å². The highest BCUT2D eigenvalue weighted by Gasteiger charge is 2.28. The number of amides is 1. The summed E-state index contributed by atoms with van der Waals surface area (Å²) < 4.78 is 28.1. The van der Waals surface area contributed by atoms with Crippen LogP contribution in [0.5, 0.6) is 0 Å². The van der Waals surface area contributed by atoms with Gasteiger partial charge in [0, 0.05) is 13.7 Å². The van der Waals surface area contributed by atoms with Crippen molar-refractivity contribution >= 4 is 39.1 Å². The predicted octanol–water partition coefficient (Wildman–Crippen LogP) is 1.50. The lowest BCUT2D eigenvalue weighted by Gasteiger charge is -2.24. The van der Waals surface area contributed by atoms with E-state index in [0.29, 0.717) is 19.6 Å². The van der Waals surface area contributed by atoms with Crippen molar-refractivity contribution < 1.29 is 17.9 Å². The number of hydrogen-bond donors (Lipinski definition) is 1. The van der Waals surface area contributed by atoms with Gasteiger partial charge in [-0.05, 0) is 18.6 Å². The monoisotopic (exact) mass is 352 g/mol. The van der Waals surface area contributed by atoms with Gasteiger partial charge in [0.15, 0.2) is 0 Å². The van der Waals surface area contributed by atoms with Crippen LogP contribution in [-0.4, -0.2) is 45.5 Å². The molecule has 2 N–H and O–H groups in total. The van der Waals surface area contributed by atoms with Crippen molar-refractivity contribution in [3.63, 3.8) is 0 Å². The molecule has 0 radical (unpaired) electrons. The lowest BCUT2D eigenvalue weighted by atomic mass is 10.1. The summed E-state index contributed by atoms with van der Waals surface area (Å²) in [7, 11) is -2.37. The lowest BCUT2D eigenvalue weighted by Crippen LogP contribution is -2.37. The van der Waals surface area contributed by atoms with E-state index in [2.05, 4.69) is 0 Å². The summed E-state index contributed by atoms with van der Waals surface area (Å²) in [5.74, 6) is -0.428. The molecule has 1 fully saturated rings. The molecule has 1 aliphatic rings. The Labute approximate surface area is 132 Å². The van der Waals surface area contributed by atoms with Gasteiger partial charge < -0.3 is 9.64 Å². The minimum absolute atomic E-state index is 0.000156. The molecule has 1 aromatic carbocycles. The molecule has 0 saturated carbocycles. The zero-order valence-corrected chi connectivity index (χ0v) is 13.5. The van der Waals surface area contributed by atoms with Crippen LogP contribution in [0.15, 0.2) is 17.0 Å². The lowest BCUT2D eigenvalue weighted by molar-refractivity contribution is 0.0711. The van der Waals surface area contributed by atoms with Crippen LogP contribution in [0.3, 0.4) is 0 Å². The fraction of sp³-hybridized carbons (Fsp3) is 0.417. The first-order valence-electron chi connectivity index (χ1n) is 6.08. The van der Waals surface area contributed by atoms with E-state index in [4.69, 9.17) is 33.1 Å². The highest BCUT2D eigenvalue weighted by Crippen LogP contribution is 2.30. The van der Waals surface area contributed by atoms with Crippen LogP contribution in [0.25, 0.3) is 0 Å². The van der Waals surface area contributed by atoms with Crippen molar-refractivity contribution in [2.45, 2.75) is 17.4 Å². The fourth-order valence-corrected chi connectivity index (χ4v) is 3.11. The van der Waals surface area contributed by atoms with Gasteiger partial charge in [-0.15, -0.1) is 0 Å². The summed E-state index contributed by atoms with van der Waals surface area (Å²) in [6.45, 7) is 1.01. The quantitative estimate of drug-likeness (QED) is 0.892. The molecule has 21 heavy (non-hydrogen) atoms. The summed E-state index contributed by atoms with van der Waals surface area (Å²) in [4.78, 5) is 13.7. The van der Waals surface area contributed by atoms with Gasteiger partial charge in [-0.3, -0.25) is 4.79 Å². The van der Waals surface area contributed by atoms with E-state index < -0.39 is 15.9 Å². The molecule has 0 spiro atoms. The molecule has 116 valence electrons. The molecular formula is C12H14Cl2N2O4S. The highest BCUT2D eigenvalue weighted by atomic mass is 35.5. The molecule has 0 aliphatic carbocycles. The number of hydrogen-bond acceptors (Lipinski definition) is 4. The Hall–Kier alpha value is -0.860. The molecular weight excluding hydrogens is 339 g/mol. The molecule has 1 heterocycles. The second kappa shape index (κ2) is 6.10. The summed E-state index contributed by atoms with van der Waals surface area (Å²) in [5, 5.41) is 5.03. The Morgan fingerprint density at radius 1 is 1.43 bits per heavy atom. The number of primary sulfonamides is 1. The number of nitrogens with two attached hydrogens (primary N) is 1. The first-order chi connectivity index (χ1) is 9.71. The van der Waals surface area contributed by atoms with Crippen LogP contribution >= 0.6 is 23.2 Å². The van der Waals surface area contributed by atoms with E-state index in [1.54, 1.807) is 7.05 Å². The Kier molecular flexibility index (Phi) is 4.79. The van der Waals surface area contributed by atoms with Gasteiger partial charge in [0.2, 0.25) is 10.0 Å². The number of carbonyl (C=O) groups is 1. The van der Waals surface area contributed by atoms with Crippen molar-refractivity contribution in [3.8, 4) is 0 Å². The van der Waals surface area contributed by atoms with E-state index in [-0.39, 0.29) is 26.5 Å². The smallest absolute Gasteiger partial charge is 0.255 e. The van der Waals surface area contributed by atoms with Gasteiger partial charge in [0.25, 0.3) is 5.91 Å². The molecule has 1 saturated heterocycles. The van der Waals surface area contributed by atoms with E-state index in [1.807, 2.05) is 0 Å².